The minimum atomic E-state index is 0.633. The lowest BCUT2D eigenvalue weighted by molar-refractivity contribution is 0.620. The van der Waals surface area contributed by atoms with E-state index in [9.17, 15) is 0 Å². The Morgan fingerprint density at radius 3 is 2.09 bits per heavy atom. The van der Waals surface area contributed by atoms with Crippen molar-refractivity contribution >= 4 is 38.9 Å². The first-order valence-corrected chi connectivity index (χ1v) is 10.7. The lowest BCUT2D eigenvalue weighted by Crippen LogP contribution is -2.10. The standard InChI is InChI=1S/C29H20N2O/c1-2-11-23(12-3-1)31(27-15-8-10-21-9-4-5-13-25(21)27)24-19-17-22(18-20-24)29-30-26-14-6-7-16-28(26)32-29/h1-20H. The van der Waals surface area contributed by atoms with Crippen LogP contribution in [0.3, 0.4) is 0 Å². The maximum Gasteiger partial charge on any atom is 0.227 e. The van der Waals surface area contributed by atoms with Crippen LogP contribution in [0.15, 0.2) is 126 Å². The van der Waals surface area contributed by atoms with Gasteiger partial charge in [0.25, 0.3) is 0 Å². The van der Waals surface area contributed by atoms with Gasteiger partial charge in [-0.15, -0.1) is 0 Å². The minimum Gasteiger partial charge on any atom is -0.436 e. The summed E-state index contributed by atoms with van der Waals surface area (Å²) < 4.78 is 5.96. The number of para-hydroxylation sites is 3. The fourth-order valence-corrected chi connectivity index (χ4v) is 4.16. The van der Waals surface area contributed by atoms with Crippen molar-refractivity contribution < 1.29 is 4.42 Å². The molecule has 152 valence electrons. The molecule has 0 aliphatic heterocycles. The molecule has 0 fully saturated rings. The van der Waals surface area contributed by atoms with E-state index in [0.717, 1.165) is 33.7 Å². The summed E-state index contributed by atoms with van der Waals surface area (Å²) in [5.74, 6) is 0.633. The van der Waals surface area contributed by atoms with Crippen molar-refractivity contribution in [2.75, 3.05) is 4.90 Å². The summed E-state index contributed by atoms with van der Waals surface area (Å²) in [5, 5.41) is 2.43. The van der Waals surface area contributed by atoms with Gasteiger partial charge in [-0.1, -0.05) is 66.7 Å². The summed E-state index contributed by atoms with van der Waals surface area (Å²) in [6.07, 6.45) is 0. The summed E-state index contributed by atoms with van der Waals surface area (Å²) >= 11 is 0. The van der Waals surface area contributed by atoms with Crippen molar-refractivity contribution in [2.24, 2.45) is 0 Å². The summed E-state index contributed by atoms with van der Waals surface area (Å²) in [5.41, 5.74) is 5.95. The van der Waals surface area contributed by atoms with Crippen molar-refractivity contribution in [2.45, 2.75) is 0 Å². The topological polar surface area (TPSA) is 29.3 Å². The largest absolute Gasteiger partial charge is 0.436 e. The molecular formula is C29H20N2O. The van der Waals surface area contributed by atoms with Gasteiger partial charge in [0, 0.05) is 22.3 Å². The monoisotopic (exact) mass is 412 g/mol. The molecule has 3 heteroatoms. The molecule has 6 rings (SSSR count). The highest BCUT2D eigenvalue weighted by Crippen LogP contribution is 2.39. The zero-order valence-electron chi connectivity index (χ0n) is 17.3. The molecule has 0 bridgehead atoms. The SMILES string of the molecule is c1ccc(N(c2ccc(-c3nc4ccccc4o3)cc2)c2cccc3ccccc23)cc1. The van der Waals surface area contributed by atoms with Crippen LogP contribution < -0.4 is 4.90 Å². The van der Waals surface area contributed by atoms with Gasteiger partial charge in [0.2, 0.25) is 5.89 Å². The van der Waals surface area contributed by atoms with Crippen LogP contribution in [0.1, 0.15) is 0 Å². The Kier molecular flexibility index (Phi) is 4.43. The van der Waals surface area contributed by atoms with Gasteiger partial charge >= 0.3 is 0 Å². The van der Waals surface area contributed by atoms with E-state index in [-0.39, 0.29) is 0 Å². The average molecular weight is 412 g/mol. The van der Waals surface area contributed by atoms with Crippen LogP contribution in [-0.2, 0) is 0 Å². The molecule has 6 aromatic rings. The maximum atomic E-state index is 5.96. The minimum absolute atomic E-state index is 0.633. The zero-order chi connectivity index (χ0) is 21.3. The Hall–Kier alpha value is -4.37. The van der Waals surface area contributed by atoms with Crippen molar-refractivity contribution in [3.8, 4) is 11.5 Å². The molecule has 0 spiro atoms. The van der Waals surface area contributed by atoms with Crippen molar-refractivity contribution in [3.63, 3.8) is 0 Å². The average Bonchev–Trinajstić information content (AvgIpc) is 3.30. The van der Waals surface area contributed by atoms with Gasteiger partial charge in [-0.2, -0.15) is 0 Å². The van der Waals surface area contributed by atoms with E-state index in [2.05, 4.69) is 101 Å². The Balaban J connectivity index is 1.47. The molecule has 1 heterocycles. The van der Waals surface area contributed by atoms with Gasteiger partial charge in [-0.25, -0.2) is 4.98 Å². The van der Waals surface area contributed by atoms with Gasteiger partial charge in [-0.05, 0) is 60.0 Å². The lowest BCUT2D eigenvalue weighted by atomic mass is 10.1. The molecular weight excluding hydrogens is 392 g/mol. The molecule has 0 aliphatic carbocycles. The van der Waals surface area contributed by atoms with Crippen LogP contribution >= 0.6 is 0 Å². The summed E-state index contributed by atoms with van der Waals surface area (Å²) in [4.78, 5) is 6.92. The first kappa shape index (κ1) is 18.4. The second-order valence-electron chi connectivity index (χ2n) is 7.70. The molecule has 5 aromatic carbocycles. The first-order chi connectivity index (χ1) is 15.9. The van der Waals surface area contributed by atoms with Crippen molar-refractivity contribution in [1.29, 1.82) is 0 Å². The van der Waals surface area contributed by atoms with Crippen molar-refractivity contribution in [1.82, 2.24) is 4.98 Å². The summed E-state index contributed by atoms with van der Waals surface area (Å²) in [7, 11) is 0. The molecule has 0 amide bonds. The number of fused-ring (bicyclic) bond motifs is 2. The van der Waals surface area contributed by atoms with Gasteiger partial charge in [0.1, 0.15) is 5.52 Å². The predicted molar refractivity (Wildman–Crippen MR) is 132 cm³/mol. The van der Waals surface area contributed by atoms with Crippen molar-refractivity contribution in [3.05, 3.63) is 121 Å². The maximum absolute atomic E-state index is 5.96. The second kappa shape index (κ2) is 7.71. The Morgan fingerprint density at radius 1 is 0.562 bits per heavy atom. The highest BCUT2D eigenvalue weighted by atomic mass is 16.3. The van der Waals surface area contributed by atoms with E-state index >= 15 is 0 Å². The summed E-state index contributed by atoms with van der Waals surface area (Å²) in [6, 6.07) is 41.6. The predicted octanol–water partition coefficient (Wildman–Crippen LogP) is 8.12. The molecule has 0 atom stereocenters. The normalized spacial score (nSPS) is 11.1. The van der Waals surface area contributed by atoms with E-state index in [1.807, 2.05) is 30.3 Å². The molecule has 0 saturated heterocycles. The fraction of sp³-hybridized carbons (Fsp3) is 0. The van der Waals surface area contributed by atoms with Gasteiger partial charge in [-0.3, -0.25) is 0 Å². The van der Waals surface area contributed by atoms with E-state index in [4.69, 9.17) is 4.42 Å². The van der Waals surface area contributed by atoms with Gasteiger partial charge in [0.15, 0.2) is 5.58 Å². The molecule has 0 N–H and O–H groups in total. The lowest BCUT2D eigenvalue weighted by Gasteiger charge is -2.27. The van der Waals surface area contributed by atoms with E-state index in [0.29, 0.717) is 5.89 Å². The number of hydrogen-bond donors (Lipinski definition) is 0. The molecule has 0 unspecified atom stereocenters. The van der Waals surface area contributed by atoms with Crippen LogP contribution in [-0.4, -0.2) is 4.98 Å². The molecule has 32 heavy (non-hydrogen) atoms. The van der Waals surface area contributed by atoms with E-state index in [1.54, 1.807) is 0 Å². The van der Waals surface area contributed by atoms with Crippen LogP contribution in [0.4, 0.5) is 17.1 Å². The van der Waals surface area contributed by atoms with Crippen LogP contribution in [0.25, 0.3) is 33.3 Å². The first-order valence-electron chi connectivity index (χ1n) is 10.7. The number of rotatable bonds is 4. The van der Waals surface area contributed by atoms with Gasteiger partial charge in [0.05, 0.1) is 5.69 Å². The number of benzene rings is 5. The molecule has 3 nitrogen and oxygen atoms in total. The number of anilines is 3. The van der Waals surface area contributed by atoms with E-state index in [1.165, 1.54) is 10.8 Å². The van der Waals surface area contributed by atoms with Crippen LogP contribution in [0, 0.1) is 0 Å². The third-order valence-corrected chi connectivity index (χ3v) is 5.69. The smallest absolute Gasteiger partial charge is 0.227 e. The third kappa shape index (κ3) is 3.21. The van der Waals surface area contributed by atoms with Crippen LogP contribution in [0.5, 0.6) is 0 Å². The quantitative estimate of drug-likeness (QED) is 0.293. The molecule has 0 radical (unpaired) electrons. The third-order valence-electron chi connectivity index (χ3n) is 5.69. The second-order valence-corrected chi connectivity index (χ2v) is 7.70. The molecule has 0 saturated carbocycles. The van der Waals surface area contributed by atoms with E-state index < -0.39 is 0 Å². The highest BCUT2D eigenvalue weighted by Gasteiger charge is 2.15. The number of nitrogens with zero attached hydrogens (tertiary/aromatic N) is 2. The summed E-state index contributed by atoms with van der Waals surface area (Å²) in [6.45, 7) is 0. The van der Waals surface area contributed by atoms with Gasteiger partial charge < -0.3 is 9.32 Å². The zero-order valence-corrected chi connectivity index (χ0v) is 17.3. The highest BCUT2D eigenvalue weighted by molar-refractivity contribution is 5.98. The number of oxazole rings is 1. The fourth-order valence-electron chi connectivity index (χ4n) is 4.16. The number of hydrogen-bond acceptors (Lipinski definition) is 3. The molecule has 1 aromatic heterocycles. The number of aromatic nitrogens is 1. The Labute approximate surface area is 186 Å². The van der Waals surface area contributed by atoms with Crippen LogP contribution in [0.2, 0.25) is 0 Å². The Bertz CT molecular complexity index is 1480. The molecule has 0 aliphatic rings. The Morgan fingerprint density at radius 2 is 1.25 bits per heavy atom.